The van der Waals surface area contributed by atoms with Crippen molar-refractivity contribution in [1.29, 1.82) is 0 Å². The molecule has 5 heteroatoms. The van der Waals surface area contributed by atoms with Gasteiger partial charge < -0.3 is 9.67 Å². The van der Waals surface area contributed by atoms with Crippen LogP contribution in [0.4, 0.5) is 0 Å². The smallest absolute Gasteiger partial charge is 0.141 e. The van der Waals surface area contributed by atoms with Gasteiger partial charge in [-0.05, 0) is 65.9 Å². The molecule has 0 aliphatic rings. The Balaban J connectivity index is 2.26. The number of hydrogen-bond donors (Lipinski definition) is 1. The Bertz CT molecular complexity index is 798. The van der Waals surface area contributed by atoms with Gasteiger partial charge in [-0.15, -0.1) is 0 Å². The maximum absolute atomic E-state index is 9.89. The summed E-state index contributed by atoms with van der Waals surface area (Å²) in [5.41, 5.74) is 2.98. The minimum atomic E-state index is 0.291. The van der Waals surface area contributed by atoms with Crippen molar-refractivity contribution in [3.63, 3.8) is 0 Å². The third kappa shape index (κ3) is 2.33. The lowest BCUT2D eigenvalue weighted by molar-refractivity contribution is 0.471. The lowest BCUT2D eigenvalue weighted by atomic mass is 10.2. The highest BCUT2D eigenvalue weighted by atomic mass is 127. The summed E-state index contributed by atoms with van der Waals surface area (Å²) in [5.74, 6) is 1.17. The molecule has 0 bridgehead atoms. The Hall–Kier alpha value is -1.08. The van der Waals surface area contributed by atoms with Crippen LogP contribution < -0.4 is 0 Å². The minimum Gasteiger partial charge on any atom is -0.507 e. The average Bonchev–Trinajstić information content (AvgIpc) is 2.79. The van der Waals surface area contributed by atoms with Gasteiger partial charge in [0.2, 0.25) is 0 Å². The number of hydrogen-bond acceptors (Lipinski definition) is 2. The number of imidazole rings is 1. The molecule has 1 aromatic heterocycles. The number of benzene rings is 2. The first-order valence-corrected chi connectivity index (χ1v) is 8.12. The van der Waals surface area contributed by atoms with Crippen molar-refractivity contribution in [2.24, 2.45) is 0 Å². The topological polar surface area (TPSA) is 38.0 Å². The predicted molar refractivity (Wildman–Crippen MR) is 92.9 cm³/mol. The average molecular weight is 443 g/mol. The van der Waals surface area contributed by atoms with Gasteiger partial charge in [-0.2, -0.15) is 0 Å². The highest BCUT2D eigenvalue weighted by Crippen LogP contribution is 2.30. The SMILES string of the molecule is CCn1c(-c2ccc(I)c(O)c2)nc2cc(Br)ccc21. The molecule has 0 radical (unpaired) electrons. The summed E-state index contributed by atoms with van der Waals surface area (Å²) in [6.45, 7) is 2.93. The van der Waals surface area contributed by atoms with Crippen LogP contribution in [0.1, 0.15) is 6.92 Å². The lowest BCUT2D eigenvalue weighted by Crippen LogP contribution is -1.97. The molecule has 1 heterocycles. The van der Waals surface area contributed by atoms with Crippen molar-refractivity contribution >= 4 is 49.6 Å². The maximum atomic E-state index is 9.89. The van der Waals surface area contributed by atoms with Crippen molar-refractivity contribution < 1.29 is 5.11 Å². The van der Waals surface area contributed by atoms with Crippen LogP contribution in [0, 0.1) is 3.57 Å². The number of fused-ring (bicyclic) bond motifs is 1. The van der Waals surface area contributed by atoms with Gasteiger partial charge in [-0.25, -0.2) is 4.98 Å². The summed E-state index contributed by atoms with van der Waals surface area (Å²) in [4.78, 5) is 4.70. The van der Waals surface area contributed by atoms with E-state index >= 15 is 0 Å². The van der Waals surface area contributed by atoms with Gasteiger partial charge in [-0.1, -0.05) is 15.9 Å². The van der Waals surface area contributed by atoms with E-state index in [0.717, 1.165) is 37.0 Å². The molecule has 3 nitrogen and oxygen atoms in total. The Kier molecular flexibility index (Phi) is 3.72. The fourth-order valence-electron chi connectivity index (χ4n) is 2.30. The van der Waals surface area contributed by atoms with Crippen molar-refractivity contribution in [1.82, 2.24) is 9.55 Å². The zero-order valence-corrected chi connectivity index (χ0v) is 14.5. The maximum Gasteiger partial charge on any atom is 0.141 e. The van der Waals surface area contributed by atoms with Crippen LogP contribution in [-0.2, 0) is 6.54 Å². The first kappa shape index (κ1) is 13.9. The molecule has 0 atom stereocenters. The molecule has 0 unspecified atom stereocenters. The second kappa shape index (κ2) is 5.37. The molecular formula is C15H12BrIN2O. The number of nitrogens with zero attached hydrogens (tertiary/aromatic N) is 2. The van der Waals surface area contributed by atoms with Gasteiger partial charge in [0.15, 0.2) is 0 Å². The van der Waals surface area contributed by atoms with Gasteiger partial charge in [0, 0.05) is 16.6 Å². The van der Waals surface area contributed by atoms with Crippen molar-refractivity contribution in [2.45, 2.75) is 13.5 Å². The molecule has 1 N–H and O–H groups in total. The summed E-state index contributed by atoms with van der Waals surface area (Å²) in [6, 6.07) is 11.8. The molecular weight excluding hydrogens is 431 g/mol. The van der Waals surface area contributed by atoms with Crippen molar-refractivity contribution in [3.05, 3.63) is 44.4 Å². The van der Waals surface area contributed by atoms with E-state index in [1.807, 2.05) is 24.3 Å². The standard InChI is InChI=1S/C15H12BrIN2O/c1-2-19-13-6-4-10(16)8-12(13)18-15(19)9-3-5-11(17)14(20)7-9/h3-8,20H,2H2,1H3. The first-order chi connectivity index (χ1) is 9.60. The van der Waals surface area contributed by atoms with Gasteiger partial charge in [-0.3, -0.25) is 0 Å². The van der Waals surface area contributed by atoms with E-state index in [9.17, 15) is 5.11 Å². The summed E-state index contributed by atoms with van der Waals surface area (Å²) >= 11 is 5.59. The Morgan fingerprint density at radius 2 is 2.05 bits per heavy atom. The third-order valence-corrected chi connectivity index (χ3v) is 4.64. The quantitative estimate of drug-likeness (QED) is 0.579. The largest absolute Gasteiger partial charge is 0.507 e. The van der Waals surface area contributed by atoms with E-state index < -0.39 is 0 Å². The fraction of sp³-hybridized carbons (Fsp3) is 0.133. The van der Waals surface area contributed by atoms with E-state index in [-0.39, 0.29) is 0 Å². The highest BCUT2D eigenvalue weighted by molar-refractivity contribution is 14.1. The number of halogens is 2. The summed E-state index contributed by atoms with van der Waals surface area (Å²) < 4.78 is 4.01. The number of rotatable bonds is 2. The van der Waals surface area contributed by atoms with Gasteiger partial charge in [0.25, 0.3) is 0 Å². The minimum absolute atomic E-state index is 0.291. The lowest BCUT2D eigenvalue weighted by Gasteiger charge is -2.07. The molecule has 3 aromatic rings. The van der Waals surface area contributed by atoms with Crippen LogP contribution in [0.3, 0.4) is 0 Å². The molecule has 0 saturated carbocycles. The zero-order chi connectivity index (χ0) is 14.3. The number of phenolic OH excluding ortho intramolecular Hbond substituents is 1. The van der Waals surface area contributed by atoms with E-state index in [2.05, 4.69) is 56.1 Å². The first-order valence-electron chi connectivity index (χ1n) is 6.25. The van der Waals surface area contributed by atoms with Crippen LogP contribution in [0.15, 0.2) is 40.9 Å². The molecule has 2 aromatic carbocycles. The molecule has 20 heavy (non-hydrogen) atoms. The Morgan fingerprint density at radius 1 is 1.25 bits per heavy atom. The molecule has 0 amide bonds. The monoisotopic (exact) mass is 442 g/mol. The number of aromatic nitrogens is 2. The number of aryl methyl sites for hydroxylation is 1. The van der Waals surface area contributed by atoms with E-state index in [0.29, 0.717) is 5.75 Å². The normalized spacial score (nSPS) is 11.2. The summed E-state index contributed by atoms with van der Waals surface area (Å²) in [5, 5.41) is 9.89. The highest BCUT2D eigenvalue weighted by Gasteiger charge is 2.12. The van der Waals surface area contributed by atoms with Crippen LogP contribution in [-0.4, -0.2) is 14.7 Å². The summed E-state index contributed by atoms with van der Waals surface area (Å²) in [6.07, 6.45) is 0. The Morgan fingerprint density at radius 3 is 2.75 bits per heavy atom. The van der Waals surface area contributed by atoms with E-state index in [1.54, 1.807) is 6.07 Å². The van der Waals surface area contributed by atoms with Gasteiger partial charge >= 0.3 is 0 Å². The third-order valence-electron chi connectivity index (χ3n) is 3.23. The number of aromatic hydroxyl groups is 1. The Labute approximate surface area is 138 Å². The second-order valence-electron chi connectivity index (χ2n) is 4.48. The van der Waals surface area contributed by atoms with Crippen LogP contribution in [0.25, 0.3) is 22.4 Å². The van der Waals surface area contributed by atoms with Crippen molar-refractivity contribution in [3.8, 4) is 17.1 Å². The number of phenols is 1. The molecule has 0 fully saturated rings. The molecule has 102 valence electrons. The molecule has 0 aliphatic carbocycles. The van der Waals surface area contributed by atoms with Crippen molar-refractivity contribution in [2.75, 3.05) is 0 Å². The summed E-state index contributed by atoms with van der Waals surface area (Å²) in [7, 11) is 0. The fourth-order valence-corrected chi connectivity index (χ4v) is 2.98. The second-order valence-corrected chi connectivity index (χ2v) is 6.56. The molecule has 0 saturated heterocycles. The van der Waals surface area contributed by atoms with Gasteiger partial charge in [0.1, 0.15) is 11.6 Å². The molecule has 3 rings (SSSR count). The van der Waals surface area contributed by atoms with Gasteiger partial charge in [0.05, 0.1) is 14.6 Å². The van der Waals surface area contributed by atoms with Crippen LogP contribution in [0.2, 0.25) is 0 Å². The molecule has 0 spiro atoms. The zero-order valence-electron chi connectivity index (χ0n) is 10.8. The van der Waals surface area contributed by atoms with Crippen LogP contribution >= 0.6 is 38.5 Å². The predicted octanol–water partition coefficient (Wildman–Crippen LogP) is 4.80. The van der Waals surface area contributed by atoms with Crippen LogP contribution in [0.5, 0.6) is 5.75 Å². The van der Waals surface area contributed by atoms with E-state index in [1.165, 1.54) is 0 Å². The molecule has 0 aliphatic heterocycles. The van der Waals surface area contributed by atoms with E-state index in [4.69, 9.17) is 4.98 Å².